The molecule has 1 saturated carbocycles. The second-order valence-electron chi connectivity index (χ2n) is 6.71. The van der Waals surface area contributed by atoms with E-state index in [1.807, 2.05) is 24.3 Å². The van der Waals surface area contributed by atoms with E-state index in [0.717, 1.165) is 31.2 Å². The van der Waals surface area contributed by atoms with Crippen molar-refractivity contribution in [3.05, 3.63) is 64.7 Å². The number of rotatable bonds is 5. The third kappa shape index (κ3) is 5.09. The highest BCUT2D eigenvalue weighted by Crippen LogP contribution is 2.20. The molecule has 0 heterocycles. The van der Waals surface area contributed by atoms with Gasteiger partial charge in [0.25, 0.3) is 5.91 Å². The summed E-state index contributed by atoms with van der Waals surface area (Å²) in [7, 11) is 0. The maximum Gasteiger partial charge on any atom is 0.253 e. The molecule has 0 spiro atoms. The Labute approximate surface area is 158 Å². The number of hydrogen-bond acceptors (Lipinski definition) is 2. The Morgan fingerprint density at radius 1 is 0.962 bits per heavy atom. The monoisotopic (exact) mass is 370 g/mol. The zero-order valence-corrected chi connectivity index (χ0v) is 15.4. The molecule has 0 saturated heterocycles. The van der Waals surface area contributed by atoms with Crippen LogP contribution < -0.4 is 10.6 Å². The van der Waals surface area contributed by atoms with Gasteiger partial charge in [-0.2, -0.15) is 0 Å². The normalized spacial score (nSPS) is 14.7. The average Bonchev–Trinajstić information content (AvgIpc) is 2.65. The molecule has 0 aliphatic heterocycles. The third-order valence-corrected chi connectivity index (χ3v) is 4.92. The Balaban J connectivity index is 1.65. The fourth-order valence-electron chi connectivity index (χ4n) is 3.28. The average molecular weight is 371 g/mol. The van der Waals surface area contributed by atoms with Gasteiger partial charge in [0, 0.05) is 11.1 Å². The number of nitrogens with one attached hydrogen (secondary N) is 2. The molecule has 2 amide bonds. The molecule has 5 heteroatoms. The molecule has 1 aliphatic rings. The summed E-state index contributed by atoms with van der Waals surface area (Å²) in [5, 5.41) is 6.60. The van der Waals surface area contributed by atoms with E-state index in [9.17, 15) is 9.59 Å². The van der Waals surface area contributed by atoms with E-state index in [0.29, 0.717) is 16.3 Å². The van der Waals surface area contributed by atoms with Crippen LogP contribution in [0.3, 0.4) is 0 Å². The molecule has 0 aromatic heterocycles. The molecule has 3 rings (SSSR count). The molecule has 0 bridgehead atoms. The summed E-state index contributed by atoms with van der Waals surface area (Å²) in [5.74, 6) is -0.287. The smallest absolute Gasteiger partial charge is 0.253 e. The van der Waals surface area contributed by atoms with Gasteiger partial charge in [-0.15, -0.1) is 0 Å². The maximum atomic E-state index is 12.6. The first kappa shape index (κ1) is 18.5. The van der Waals surface area contributed by atoms with Gasteiger partial charge in [0.05, 0.1) is 17.7 Å². The highest BCUT2D eigenvalue weighted by atomic mass is 35.5. The molecule has 136 valence electrons. The van der Waals surface area contributed by atoms with Crippen LogP contribution in [0.5, 0.6) is 0 Å². The van der Waals surface area contributed by atoms with Crippen LogP contribution in [0.2, 0.25) is 5.02 Å². The minimum atomic E-state index is -0.162. The zero-order chi connectivity index (χ0) is 18.4. The van der Waals surface area contributed by atoms with Crippen LogP contribution >= 0.6 is 11.6 Å². The van der Waals surface area contributed by atoms with Crippen molar-refractivity contribution < 1.29 is 9.59 Å². The topological polar surface area (TPSA) is 58.2 Å². The Kier molecular flexibility index (Phi) is 6.29. The molecule has 4 nitrogen and oxygen atoms in total. The fraction of sp³-hybridized carbons (Fsp3) is 0.333. The highest BCUT2D eigenvalue weighted by molar-refractivity contribution is 6.30. The summed E-state index contributed by atoms with van der Waals surface area (Å²) in [6.45, 7) is 0. The van der Waals surface area contributed by atoms with E-state index < -0.39 is 0 Å². The van der Waals surface area contributed by atoms with Crippen LogP contribution in [0.25, 0.3) is 0 Å². The van der Waals surface area contributed by atoms with Crippen molar-refractivity contribution in [1.29, 1.82) is 0 Å². The van der Waals surface area contributed by atoms with Crippen molar-refractivity contribution in [3.63, 3.8) is 0 Å². The van der Waals surface area contributed by atoms with Crippen LogP contribution in [0, 0.1) is 0 Å². The molecule has 0 radical (unpaired) electrons. The lowest BCUT2D eigenvalue weighted by Crippen LogP contribution is -2.36. The van der Waals surface area contributed by atoms with Gasteiger partial charge in [0.15, 0.2) is 0 Å². The Morgan fingerprint density at radius 2 is 1.65 bits per heavy atom. The first-order valence-corrected chi connectivity index (χ1v) is 9.44. The number of benzene rings is 2. The van der Waals surface area contributed by atoms with Crippen molar-refractivity contribution in [2.75, 3.05) is 5.32 Å². The molecule has 0 unspecified atom stereocenters. The molecule has 2 aromatic rings. The number of carbonyl (C=O) groups is 2. The zero-order valence-electron chi connectivity index (χ0n) is 14.6. The summed E-state index contributed by atoms with van der Waals surface area (Å²) < 4.78 is 0. The molecule has 1 aliphatic carbocycles. The minimum absolute atomic E-state index is 0.126. The predicted octanol–water partition coefficient (Wildman–Crippen LogP) is 4.58. The van der Waals surface area contributed by atoms with Gasteiger partial charge < -0.3 is 10.6 Å². The number of anilines is 1. The van der Waals surface area contributed by atoms with Gasteiger partial charge in [-0.3, -0.25) is 9.59 Å². The van der Waals surface area contributed by atoms with Crippen molar-refractivity contribution in [2.45, 2.75) is 44.6 Å². The van der Waals surface area contributed by atoms with Crippen molar-refractivity contribution in [3.8, 4) is 0 Å². The SMILES string of the molecule is O=C(Cc1ccc(Cl)cc1)Nc1ccccc1C(=O)NC1CCCCC1. The van der Waals surface area contributed by atoms with Crippen LogP contribution in [-0.4, -0.2) is 17.9 Å². The first-order chi connectivity index (χ1) is 12.6. The van der Waals surface area contributed by atoms with E-state index in [1.165, 1.54) is 6.42 Å². The first-order valence-electron chi connectivity index (χ1n) is 9.06. The molecule has 2 N–H and O–H groups in total. The molecular weight excluding hydrogens is 348 g/mol. The highest BCUT2D eigenvalue weighted by Gasteiger charge is 2.19. The van der Waals surface area contributed by atoms with Gasteiger partial charge in [0.2, 0.25) is 5.91 Å². The largest absolute Gasteiger partial charge is 0.349 e. The van der Waals surface area contributed by atoms with E-state index in [4.69, 9.17) is 11.6 Å². The van der Waals surface area contributed by atoms with E-state index >= 15 is 0 Å². The second kappa shape index (κ2) is 8.86. The molecular formula is C21H23ClN2O2. The maximum absolute atomic E-state index is 12.6. The molecule has 2 aromatic carbocycles. The van der Waals surface area contributed by atoms with Crippen LogP contribution in [-0.2, 0) is 11.2 Å². The summed E-state index contributed by atoms with van der Waals surface area (Å²) in [6, 6.07) is 14.5. The van der Waals surface area contributed by atoms with Crippen LogP contribution in [0.4, 0.5) is 5.69 Å². The molecule has 1 fully saturated rings. The van der Waals surface area contributed by atoms with Gasteiger partial charge in [-0.1, -0.05) is 55.1 Å². The molecule has 26 heavy (non-hydrogen) atoms. The number of amides is 2. The van der Waals surface area contributed by atoms with Crippen molar-refractivity contribution in [2.24, 2.45) is 0 Å². The van der Waals surface area contributed by atoms with Crippen molar-refractivity contribution >= 4 is 29.1 Å². The minimum Gasteiger partial charge on any atom is -0.349 e. The van der Waals surface area contributed by atoms with Crippen LogP contribution in [0.15, 0.2) is 48.5 Å². The van der Waals surface area contributed by atoms with E-state index in [1.54, 1.807) is 24.3 Å². The van der Waals surface area contributed by atoms with Gasteiger partial charge in [-0.05, 0) is 42.7 Å². The number of hydrogen-bond donors (Lipinski definition) is 2. The fourth-order valence-corrected chi connectivity index (χ4v) is 3.41. The summed E-state index contributed by atoms with van der Waals surface area (Å²) >= 11 is 5.87. The second-order valence-corrected chi connectivity index (χ2v) is 7.14. The standard InChI is InChI=1S/C21H23ClN2O2/c22-16-12-10-15(11-13-16)14-20(25)24-19-9-5-4-8-18(19)21(26)23-17-6-2-1-3-7-17/h4-5,8-13,17H,1-3,6-7,14H2,(H,23,26)(H,24,25). The number of halogens is 1. The van der Waals surface area contributed by atoms with E-state index in [2.05, 4.69) is 10.6 Å². The van der Waals surface area contributed by atoms with Crippen LogP contribution in [0.1, 0.15) is 48.0 Å². The Morgan fingerprint density at radius 3 is 2.38 bits per heavy atom. The lowest BCUT2D eigenvalue weighted by atomic mass is 9.95. The van der Waals surface area contributed by atoms with E-state index in [-0.39, 0.29) is 24.3 Å². The summed E-state index contributed by atoms with van der Waals surface area (Å²) in [6.07, 6.45) is 5.84. The summed E-state index contributed by atoms with van der Waals surface area (Å²) in [5.41, 5.74) is 1.92. The number of para-hydroxylation sites is 1. The molecule has 0 atom stereocenters. The Hall–Kier alpha value is -2.33. The summed E-state index contributed by atoms with van der Waals surface area (Å²) in [4.78, 5) is 25.0. The Bertz CT molecular complexity index is 768. The predicted molar refractivity (Wildman–Crippen MR) is 105 cm³/mol. The number of carbonyl (C=O) groups excluding carboxylic acids is 2. The van der Waals surface area contributed by atoms with Gasteiger partial charge in [-0.25, -0.2) is 0 Å². The third-order valence-electron chi connectivity index (χ3n) is 4.66. The van der Waals surface area contributed by atoms with Gasteiger partial charge >= 0.3 is 0 Å². The lowest BCUT2D eigenvalue weighted by molar-refractivity contribution is -0.115. The lowest BCUT2D eigenvalue weighted by Gasteiger charge is -2.23. The quantitative estimate of drug-likeness (QED) is 0.809. The van der Waals surface area contributed by atoms with Gasteiger partial charge in [0.1, 0.15) is 0 Å². The van der Waals surface area contributed by atoms with Crippen molar-refractivity contribution in [1.82, 2.24) is 5.32 Å².